The summed E-state index contributed by atoms with van der Waals surface area (Å²) in [7, 11) is 4.57. The molecule has 7 heteroatoms. The molecular formula is C17H22N4O3. The van der Waals surface area contributed by atoms with E-state index in [0.717, 1.165) is 20.3 Å². The molecule has 24 heavy (non-hydrogen) atoms. The molecule has 2 N–H and O–H groups in total. The van der Waals surface area contributed by atoms with Gasteiger partial charge in [-0.25, -0.2) is 4.79 Å². The average molecular weight is 330 g/mol. The third kappa shape index (κ3) is 3.30. The highest BCUT2D eigenvalue weighted by atomic mass is 16.2. The molecule has 0 saturated heterocycles. The van der Waals surface area contributed by atoms with Crippen molar-refractivity contribution in [3.8, 4) is 0 Å². The van der Waals surface area contributed by atoms with Gasteiger partial charge < -0.3 is 5.73 Å². The van der Waals surface area contributed by atoms with Gasteiger partial charge in [-0.15, -0.1) is 0 Å². The van der Waals surface area contributed by atoms with Crippen LogP contribution in [0.15, 0.2) is 33.9 Å². The Kier molecular flexibility index (Phi) is 5.04. The number of hydrogen-bond donors (Lipinski definition) is 1. The Hall–Kier alpha value is -2.67. The monoisotopic (exact) mass is 330 g/mol. The molecule has 1 aromatic heterocycles. The molecule has 0 radical (unpaired) electrons. The van der Waals surface area contributed by atoms with Crippen LogP contribution in [0.1, 0.15) is 21.5 Å². The van der Waals surface area contributed by atoms with E-state index >= 15 is 0 Å². The van der Waals surface area contributed by atoms with E-state index < -0.39 is 17.0 Å². The lowest BCUT2D eigenvalue weighted by Gasteiger charge is -2.18. The number of rotatable bonds is 5. The first-order valence-electron chi connectivity index (χ1n) is 7.55. The van der Waals surface area contributed by atoms with Crippen LogP contribution in [0.5, 0.6) is 0 Å². The van der Waals surface area contributed by atoms with Gasteiger partial charge >= 0.3 is 5.69 Å². The highest BCUT2D eigenvalue weighted by Gasteiger charge is 2.21. The molecule has 0 spiro atoms. The lowest BCUT2D eigenvalue weighted by atomic mass is 10.1. The number of carbonyl (C=O) groups is 1. The van der Waals surface area contributed by atoms with Gasteiger partial charge in [-0.2, -0.15) is 0 Å². The number of nitrogens with zero attached hydrogens (tertiary/aromatic N) is 3. The van der Waals surface area contributed by atoms with Gasteiger partial charge in [-0.1, -0.05) is 24.3 Å². The van der Waals surface area contributed by atoms with E-state index in [1.807, 2.05) is 36.1 Å². The van der Waals surface area contributed by atoms with Crippen molar-refractivity contribution in [2.75, 3.05) is 19.3 Å². The summed E-state index contributed by atoms with van der Waals surface area (Å²) in [5.74, 6) is -0.503. The Morgan fingerprint density at radius 3 is 2.42 bits per heavy atom. The van der Waals surface area contributed by atoms with E-state index in [0.29, 0.717) is 6.54 Å². The van der Waals surface area contributed by atoms with Crippen LogP contribution in [0.3, 0.4) is 0 Å². The predicted octanol–water partition coefficient (Wildman–Crippen LogP) is 0.289. The second kappa shape index (κ2) is 6.84. The highest BCUT2D eigenvalue weighted by molar-refractivity contribution is 6.01. The first-order chi connectivity index (χ1) is 11.2. The number of nitrogen functional groups attached to an aromatic ring is 1. The number of carbonyl (C=O) groups excluding carboxylic acids is 1. The zero-order valence-electron chi connectivity index (χ0n) is 14.4. The largest absolute Gasteiger partial charge is 0.384 e. The second-order valence-corrected chi connectivity index (χ2v) is 5.99. The van der Waals surface area contributed by atoms with Crippen LogP contribution in [0.2, 0.25) is 0 Å². The maximum Gasteiger partial charge on any atom is 0.332 e. The van der Waals surface area contributed by atoms with E-state index in [1.165, 1.54) is 14.1 Å². The van der Waals surface area contributed by atoms with Gasteiger partial charge in [0.25, 0.3) is 5.56 Å². The van der Waals surface area contributed by atoms with Gasteiger partial charge in [-0.05, 0) is 25.1 Å². The number of aromatic nitrogens is 2. The molecular weight excluding hydrogens is 308 g/mol. The third-order valence-corrected chi connectivity index (χ3v) is 4.10. The molecule has 0 aliphatic carbocycles. The molecule has 7 nitrogen and oxygen atoms in total. The Morgan fingerprint density at radius 2 is 1.79 bits per heavy atom. The number of nitrogens with two attached hydrogens (primary N) is 1. The van der Waals surface area contributed by atoms with Crippen molar-refractivity contribution >= 4 is 11.6 Å². The molecule has 2 aromatic rings. The van der Waals surface area contributed by atoms with Gasteiger partial charge in [0.1, 0.15) is 11.4 Å². The molecule has 0 amide bonds. The Morgan fingerprint density at radius 1 is 1.17 bits per heavy atom. The van der Waals surface area contributed by atoms with Gasteiger partial charge in [0, 0.05) is 20.6 Å². The van der Waals surface area contributed by atoms with Crippen LogP contribution in [-0.4, -0.2) is 33.4 Å². The molecule has 1 heterocycles. The van der Waals surface area contributed by atoms with Crippen molar-refractivity contribution in [2.45, 2.75) is 13.5 Å². The summed E-state index contributed by atoms with van der Waals surface area (Å²) in [4.78, 5) is 38.4. The van der Waals surface area contributed by atoms with Gasteiger partial charge in [0.15, 0.2) is 5.78 Å². The smallest absolute Gasteiger partial charge is 0.332 e. The van der Waals surface area contributed by atoms with Gasteiger partial charge in [0.2, 0.25) is 0 Å². The van der Waals surface area contributed by atoms with Crippen molar-refractivity contribution in [1.29, 1.82) is 0 Å². The van der Waals surface area contributed by atoms with E-state index in [9.17, 15) is 14.4 Å². The summed E-state index contributed by atoms with van der Waals surface area (Å²) in [6, 6.07) is 7.90. The van der Waals surface area contributed by atoms with E-state index in [-0.39, 0.29) is 17.9 Å². The SMILES string of the molecule is Cc1ccccc1CN(C)CC(=O)c1c(N)n(C)c(=O)n(C)c1=O. The predicted molar refractivity (Wildman–Crippen MR) is 93.2 cm³/mol. The summed E-state index contributed by atoms with van der Waals surface area (Å²) >= 11 is 0. The van der Waals surface area contributed by atoms with Gasteiger partial charge in [0.05, 0.1) is 6.54 Å². The molecule has 128 valence electrons. The van der Waals surface area contributed by atoms with E-state index in [1.54, 1.807) is 7.05 Å². The summed E-state index contributed by atoms with van der Waals surface area (Å²) in [6.45, 7) is 2.61. The number of anilines is 1. The highest BCUT2D eigenvalue weighted by Crippen LogP contribution is 2.11. The fourth-order valence-electron chi connectivity index (χ4n) is 2.58. The van der Waals surface area contributed by atoms with Crippen molar-refractivity contribution in [2.24, 2.45) is 14.1 Å². The Labute approximate surface area is 139 Å². The fourth-order valence-corrected chi connectivity index (χ4v) is 2.58. The van der Waals surface area contributed by atoms with Crippen molar-refractivity contribution in [3.63, 3.8) is 0 Å². The number of hydrogen-bond acceptors (Lipinski definition) is 5. The molecule has 0 atom stereocenters. The molecule has 0 bridgehead atoms. The zero-order valence-corrected chi connectivity index (χ0v) is 14.4. The lowest BCUT2D eigenvalue weighted by molar-refractivity contribution is 0.0941. The van der Waals surface area contributed by atoms with Crippen LogP contribution in [0.4, 0.5) is 5.82 Å². The molecule has 1 aromatic carbocycles. The Balaban J connectivity index is 2.26. The van der Waals surface area contributed by atoms with Crippen LogP contribution in [-0.2, 0) is 20.6 Å². The number of likely N-dealkylation sites (N-methyl/N-ethyl adjacent to an activating group) is 1. The molecule has 0 aliphatic rings. The quantitative estimate of drug-likeness (QED) is 0.796. The van der Waals surface area contributed by atoms with Gasteiger partial charge in [-0.3, -0.25) is 23.6 Å². The first-order valence-corrected chi connectivity index (χ1v) is 7.55. The standard InChI is InChI=1S/C17H22N4O3/c1-11-7-5-6-8-12(11)9-19(2)10-13(22)14-15(18)20(3)17(24)21(4)16(14)23/h5-8H,9-10,18H2,1-4H3. The summed E-state index contributed by atoms with van der Waals surface area (Å²) in [5.41, 5.74) is 6.70. The summed E-state index contributed by atoms with van der Waals surface area (Å²) in [5, 5.41) is 0. The van der Waals surface area contributed by atoms with Crippen LogP contribution in [0.25, 0.3) is 0 Å². The van der Waals surface area contributed by atoms with Crippen LogP contribution >= 0.6 is 0 Å². The van der Waals surface area contributed by atoms with Crippen LogP contribution < -0.4 is 17.0 Å². The normalized spacial score (nSPS) is 11.0. The molecule has 0 saturated carbocycles. The summed E-state index contributed by atoms with van der Waals surface area (Å²) < 4.78 is 2.00. The fraction of sp³-hybridized carbons (Fsp3) is 0.353. The molecule has 2 rings (SSSR count). The second-order valence-electron chi connectivity index (χ2n) is 5.99. The van der Waals surface area contributed by atoms with Crippen molar-refractivity contribution in [3.05, 3.63) is 61.8 Å². The zero-order chi connectivity index (χ0) is 18.0. The number of Topliss-reactive ketones (excluding diaryl/α,β-unsaturated/α-hetero) is 1. The molecule has 0 fully saturated rings. The molecule has 0 aliphatic heterocycles. The first kappa shape index (κ1) is 17.7. The number of aryl methyl sites for hydroxylation is 1. The minimum Gasteiger partial charge on any atom is -0.384 e. The van der Waals surface area contributed by atoms with Crippen molar-refractivity contribution in [1.82, 2.24) is 14.0 Å². The molecule has 0 unspecified atom stereocenters. The Bertz CT molecular complexity index is 896. The van der Waals surface area contributed by atoms with E-state index in [2.05, 4.69) is 0 Å². The third-order valence-electron chi connectivity index (χ3n) is 4.10. The van der Waals surface area contributed by atoms with E-state index in [4.69, 9.17) is 5.73 Å². The maximum absolute atomic E-state index is 12.5. The minimum atomic E-state index is -0.662. The maximum atomic E-state index is 12.5. The lowest BCUT2D eigenvalue weighted by Crippen LogP contribution is -2.43. The minimum absolute atomic E-state index is 0.0337. The topological polar surface area (TPSA) is 90.3 Å². The van der Waals surface area contributed by atoms with Crippen molar-refractivity contribution < 1.29 is 4.79 Å². The summed E-state index contributed by atoms with van der Waals surface area (Å²) in [6.07, 6.45) is 0. The number of benzene rings is 1. The number of ketones is 1. The average Bonchev–Trinajstić information content (AvgIpc) is 2.53. The van der Waals surface area contributed by atoms with Crippen LogP contribution in [0, 0.1) is 6.92 Å².